The van der Waals surface area contributed by atoms with Crippen LogP contribution < -0.4 is 4.74 Å². The van der Waals surface area contributed by atoms with Gasteiger partial charge in [-0.05, 0) is 18.9 Å². The molecule has 9 heteroatoms. The van der Waals surface area contributed by atoms with Crippen LogP contribution in [0.15, 0.2) is 12.3 Å². The zero-order valence-corrected chi connectivity index (χ0v) is 12.6. The number of carboxylic acid groups (broad SMARTS) is 1. The monoisotopic (exact) mass is 350 g/mol. The molecule has 1 aromatic heterocycles. The lowest BCUT2D eigenvalue weighted by Crippen LogP contribution is -2.48. The number of rotatable bonds is 2. The van der Waals surface area contributed by atoms with Crippen molar-refractivity contribution < 1.29 is 27.8 Å². The lowest BCUT2D eigenvalue weighted by atomic mass is 10.0. The zero-order chi connectivity index (χ0) is 16.8. The molecule has 0 unspecified atom stereocenters. The van der Waals surface area contributed by atoms with Gasteiger partial charge < -0.3 is 14.7 Å². The van der Waals surface area contributed by atoms with Gasteiger partial charge in [-0.15, -0.1) is 0 Å². The molecule has 0 aliphatic carbocycles. The second kappa shape index (κ2) is 5.74. The second-order valence-corrected chi connectivity index (χ2v) is 6.20. The molecule has 0 radical (unpaired) electrons. The lowest BCUT2D eigenvalue weighted by Gasteiger charge is -2.36. The predicted molar refractivity (Wildman–Crippen MR) is 74.6 cm³/mol. The molecule has 2 aliphatic rings. The van der Waals surface area contributed by atoms with E-state index in [9.17, 15) is 23.1 Å². The molecule has 0 spiro atoms. The summed E-state index contributed by atoms with van der Waals surface area (Å²) in [5.74, 6) is -0.0483. The Kier molecular flexibility index (Phi) is 4.03. The Labute approximate surface area is 135 Å². The highest BCUT2D eigenvalue weighted by Crippen LogP contribution is 2.38. The van der Waals surface area contributed by atoms with E-state index in [2.05, 4.69) is 4.98 Å². The number of halogens is 4. The number of fused-ring (bicyclic) bond motifs is 2. The first-order chi connectivity index (χ1) is 10.8. The number of hydrogen-bond donors (Lipinski definition) is 1. The fraction of sp³-hybridized carbons (Fsp3) is 0.571. The van der Waals surface area contributed by atoms with Crippen molar-refractivity contribution in [3.05, 3.63) is 22.8 Å². The average molecular weight is 351 g/mol. The highest BCUT2D eigenvalue weighted by molar-refractivity contribution is 6.31. The molecule has 2 fully saturated rings. The van der Waals surface area contributed by atoms with Crippen LogP contribution in [-0.4, -0.2) is 39.3 Å². The van der Waals surface area contributed by atoms with Gasteiger partial charge >= 0.3 is 12.3 Å². The molecule has 1 aromatic rings. The summed E-state index contributed by atoms with van der Waals surface area (Å²) in [6.07, 6.45) is -2.56. The molecule has 3 atom stereocenters. The molecule has 2 saturated heterocycles. The number of alkyl halides is 3. The molecule has 126 valence electrons. The number of hydrogen-bond acceptors (Lipinski definition) is 3. The molecule has 1 N–H and O–H groups in total. The first-order valence-electron chi connectivity index (χ1n) is 7.16. The first-order valence-corrected chi connectivity index (χ1v) is 7.54. The van der Waals surface area contributed by atoms with Crippen molar-refractivity contribution in [2.75, 3.05) is 0 Å². The van der Waals surface area contributed by atoms with Crippen molar-refractivity contribution in [1.29, 1.82) is 0 Å². The van der Waals surface area contributed by atoms with Crippen molar-refractivity contribution >= 4 is 17.7 Å². The van der Waals surface area contributed by atoms with Gasteiger partial charge in [0.1, 0.15) is 11.1 Å². The predicted octanol–water partition coefficient (Wildman–Crippen LogP) is 3.81. The summed E-state index contributed by atoms with van der Waals surface area (Å²) >= 11 is 5.83. The minimum Gasteiger partial charge on any atom is -0.473 e. The van der Waals surface area contributed by atoms with Crippen LogP contribution in [0.1, 0.15) is 31.2 Å². The molecule has 1 amide bonds. The number of aromatic nitrogens is 1. The van der Waals surface area contributed by atoms with Crippen LogP contribution in [0, 0.1) is 0 Å². The van der Waals surface area contributed by atoms with E-state index in [-0.39, 0.29) is 29.1 Å². The van der Waals surface area contributed by atoms with E-state index in [1.807, 2.05) is 0 Å². The third kappa shape index (κ3) is 3.17. The topological polar surface area (TPSA) is 62.7 Å². The molecule has 2 bridgehead atoms. The van der Waals surface area contributed by atoms with Gasteiger partial charge in [0, 0.05) is 31.1 Å². The van der Waals surface area contributed by atoms with Crippen molar-refractivity contribution in [1.82, 2.24) is 9.88 Å². The summed E-state index contributed by atoms with van der Waals surface area (Å²) in [5, 5.41) is 8.99. The first kappa shape index (κ1) is 16.2. The Morgan fingerprint density at radius 2 is 1.96 bits per heavy atom. The summed E-state index contributed by atoms with van der Waals surface area (Å²) in [4.78, 5) is 16.3. The Bertz CT molecular complexity index is 612. The third-order valence-electron chi connectivity index (χ3n) is 4.32. The van der Waals surface area contributed by atoms with Crippen LogP contribution in [-0.2, 0) is 6.18 Å². The fourth-order valence-corrected chi connectivity index (χ4v) is 3.57. The lowest BCUT2D eigenvalue weighted by molar-refractivity contribution is -0.137. The zero-order valence-electron chi connectivity index (χ0n) is 11.9. The Morgan fingerprint density at radius 3 is 2.43 bits per heavy atom. The molecule has 23 heavy (non-hydrogen) atoms. The van der Waals surface area contributed by atoms with E-state index in [1.165, 1.54) is 4.90 Å². The number of pyridine rings is 1. The van der Waals surface area contributed by atoms with E-state index in [4.69, 9.17) is 16.3 Å². The van der Waals surface area contributed by atoms with Crippen molar-refractivity contribution in [2.45, 2.75) is 50.0 Å². The van der Waals surface area contributed by atoms with Crippen molar-refractivity contribution in [3.63, 3.8) is 0 Å². The number of nitrogens with zero attached hydrogens (tertiary/aromatic N) is 2. The number of ether oxygens (including phenoxy) is 1. The van der Waals surface area contributed by atoms with Crippen molar-refractivity contribution in [2.24, 2.45) is 0 Å². The van der Waals surface area contributed by atoms with Gasteiger partial charge in [-0.1, -0.05) is 11.6 Å². The molecule has 5 nitrogen and oxygen atoms in total. The molecule has 2 aliphatic heterocycles. The number of carbonyl (C=O) groups is 1. The molecule has 3 rings (SSSR count). The van der Waals surface area contributed by atoms with Gasteiger partial charge in [0.05, 0.1) is 5.56 Å². The normalized spacial score (nSPS) is 27.1. The second-order valence-electron chi connectivity index (χ2n) is 5.79. The van der Waals surface area contributed by atoms with E-state index >= 15 is 0 Å². The van der Waals surface area contributed by atoms with Gasteiger partial charge in [0.15, 0.2) is 0 Å². The minimum absolute atomic E-state index is 0.0483. The van der Waals surface area contributed by atoms with Gasteiger partial charge in [0.25, 0.3) is 0 Å². The molecular formula is C14H14ClF3N2O3. The highest BCUT2D eigenvalue weighted by atomic mass is 35.5. The number of amides is 1. The van der Waals surface area contributed by atoms with Crippen LogP contribution in [0.4, 0.5) is 18.0 Å². The van der Waals surface area contributed by atoms with Gasteiger partial charge in [0.2, 0.25) is 5.88 Å². The van der Waals surface area contributed by atoms with E-state index < -0.39 is 17.8 Å². The molecule has 0 aromatic carbocycles. The fourth-order valence-electron chi connectivity index (χ4n) is 3.36. The van der Waals surface area contributed by atoms with Crippen LogP contribution in [0.5, 0.6) is 5.88 Å². The third-order valence-corrected chi connectivity index (χ3v) is 4.59. The maximum absolute atomic E-state index is 12.6. The summed E-state index contributed by atoms with van der Waals surface area (Å²) in [5.41, 5.74) is -0.935. The largest absolute Gasteiger partial charge is 0.473 e. The summed E-state index contributed by atoms with van der Waals surface area (Å²) in [7, 11) is 0. The maximum Gasteiger partial charge on any atom is 0.417 e. The summed E-state index contributed by atoms with van der Waals surface area (Å²) in [6, 6.07) is 0.541. The molecule has 3 heterocycles. The Balaban J connectivity index is 1.71. The van der Waals surface area contributed by atoms with Gasteiger partial charge in [-0.25, -0.2) is 9.78 Å². The quantitative estimate of drug-likeness (QED) is 0.881. The average Bonchev–Trinajstić information content (AvgIpc) is 2.72. The van der Waals surface area contributed by atoms with E-state index in [1.54, 1.807) is 0 Å². The Morgan fingerprint density at radius 1 is 1.35 bits per heavy atom. The molecule has 0 saturated carbocycles. The summed E-state index contributed by atoms with van der Waals surface area (Å²) in [6.45, 7) is 0. The smallest absolute Gasteiger partial charge is 0.417 e. The summed E-state index contributed by atoms with van der Waals surface area (Å²) < 4.78 is 43.4. The highest BCUT2D eigenvalue weighted by Gasteiger charge is 2.44. The van der Waals surface area contributed by atoms with Crippen LogP contribution in [0.3, 0.4) is 0 Å². The number of piperidine rings is 1. The standard InChI is InChI=1S/C14H14ClF3N2O3/c15-11-3-7(14(16,17)18)6-19-12(11)23-10-4-8-1-2-9(5-10)20(8)13(21)22/h3,6,8-10H,1-2,4-5H2,(H,21,22)/t8-,9+,10-. The van der Waals surface area contributed by atoms with E-state index in [0.717, 1.165) is 18.9 Å². The molecular weight excluding hydrogens is 337 g/mol. The van der Waals surface area contributed by atoms with Gasteiger partial charge in [-0.2, -0.15) is 13.2 Å². The maximum atomic E-state index is 12.6. The van der Waals surface area contributed by atoms with E-state index in [0.29, 0.717) is 19.0 Å². The van der Waals surface area contributed by atoms with Gasteiger partial charge in [-0.3, -0.25) is 0 Å². The van der Waals surface area contributed by atoms with Crippen molar-refractivity contribution in [3.8, 4) is 5.88 Å². The Hall–Kier alpha value is -1.70. The minimum atomic E-state index is -4.51. The van der Waals surface area contributed by atoms with Crippen LogP contribution >= 0.6 is 11.6 Å². The SMILES string of the molecule is O=C(O)N1[C@@H]2CC[C@H]1C[C@H](Oc1ncc(C(F)(F)F)cc1Cl)C2. The van der Waals surface area contributed by atoms with Crippen LogP contribution in [0.25, 0.3) is 0 Å². The van der Waals surface area contributed by atoms with Crippen LogP contribution in [0.2, 0.25) is 5.02 Å².